The van der Waals surface area contributed by atoms with Crippen molar-refractivity contribution in [1.29, 1.82) is 0 Å². The van der Waals surface area contributed by atoms with Gasteiger partial charge in [0.05, 0.1) is 5.75 Å². The highest BCUT2D eigenvalue weighted by molar-refractivity contribution is 7.99. The van der Waals surface area contributed by atoms with Crippen molar-refractivity contribution in [2.75, 3.05) is 10.7 Å². The number of nitrogens with zero attached hydrogens (tertiary/aromatic N) is 4. The van der Waals surface area contributed by atoms with Crippen molar-refractivity contribution in [2.24, 2.45) is 0 Å². The fraction of sp³-hybridized carbons (Fsp3) is 0.250. The maximum Gasteiger partial charge on any atom is 0.242 e. The molecule has 2 aromatic carbocycles. The van der Waals surface area contributed by atoms with Gasteiger partial charge in [-0.05, 0) is 31.2 Å². The van der Waals surface area contributed by atoms with E-state index in [0.717, 1.165) is 35.3 Å². The number of hydrogen-bond acceptors (Lipinski definition) is 4. The van der Waals surface area contributed by atoms with Crippen LogP contribution in [-0.2, 0) is 17.8 Å². The van der Waals surface area contributed by atoms with Crippen LogP contribution in [0.5, 0.6) is 0 Å². The predicted octanol–water partition coefficient (Wildman–Crippen LogP) is 4.32. The fourth-order valence-corrected chi connectivity index (χ4v) is 3.66. The molecule has 0 aliphatic rings. The summed E-state index contributed by atoms with van der Waals surface area (Å²) in [4.78, 5) is 14.8. The third kappa shape index (κ3) is 3.96. The zero-order valence-corrected chi connectivity index (χ0v) is 15.8. The van der Waals surface area contributed by atoms with Crippen molar-refractivity contribution in [3.63, 3.8) is 0 Å². The SMILES string of the molecule is CCc1nnc(SCC(=O)N(c2ccccc2)c2ccccc2)n1CC. The molecule has 1 heterocycles. The molecule has 0 aliphatic heterocycles. The zero-order chi connectivity index (χ0) is 18.4. The second kappa shape index (κ2) is 8.67. The number of carbonyl (C=O) groups excluding carboxylic acids is 1. The van der Waals surface area contributed by atoms with Gasteiger partial charge < -0.3 is 4.57 Å². The van der Waals surface area contributed by atoms with Crippen molar-refractivity contribution in [1.82, 2.24) is 14.8 Å². The Morgan fingerprint density at radius 1 is 0.962 bits per heavy atom. The normalized spacial score (nSPS) is 10.7. The van der Waals surface area contributed by atoms with E-state index in [1.54, 1.807) is 4.90 Å². The van der Waals surface area contributed by atoms with E-state index in [2.05, 4.69) is 28.6 Å². The van der Waals surface area contributed by atoms with Gasteiger partial charge in [0.1, 0.15) is 5.82 Å². The molecule has 0 saturated heterocycles. The first-order chi connectivity index (χ1) is 12.7. The molecule has 134 valence electrons. The number of aromatic nitrogens is 3. The lowest BCUT2D eigenvalue weighted by Crippen LogP contribution is -2.27. The molecule has 5 nitrogen and oxygen atoms in total. The largest absolute Gasteiger partial charge is 0.306 e. The van der Waals surface area contributed by atoms with Crippen molar-refractivity contribution in [3.8, 4) is 0 Å². The minimum absolute atomic E-state index is 0.0103. The number of aryl methyl sites for hydroxylation is 1. The van der Waals surface area contributed by atoms with Crippen LogP contribution in [0.15, 0.2) is 65.8 Å². The Balaban J connectivity index is 1.82. The summed E-state index contributed by atoms with van der Waals surface area (Å²) in [7, 11) is 0. The van der Waals surface area contributed by atoms with Gasteiger partial charge in [-0.25, -0.2) is 0 Å². The van der Waals surface area contributed by atoms with Crippen LogP contribution in [0.2, 0.25) is 0 Å². The first-order valence-electron chi connectivity index (χ1n) is 8.72. The van der Waals surface area contributed by atoms with Crippen LogP contribution in [0, 0.1) is 0 Å². The molecule has 0 radical (unpaired) electrons. The first kappa shape index (κ1) is 18.2. The summed E-state index contributed by atoms with van der Waals surface area (Å²) in [6.45, 7) is 4.92. The predicted molar refractivity (Wildman–Crippen MR) is 106 cm³/mol. The minimum atomic E-state index is 0.0103. The summed E-state index contributed by atoms with van der Waals surface area (Å²) in [6.07, 6.45) is 0.829. The molecule has 0 saturated carbocycles. The summed E-state index contributed by atoms with van der Waals surface area (Å²) >= 11 is 1.43. The van der Waals surface area contributed by atoms with Gasteiger partial charge in [0.2, 0.25) is 5.91 Å². The van der Waals surface area contributed by atoms with Gasteiger partial charge >= 0.3 is 0 Å². The summed E-state index contributed by atoms with van der Waals surface area (Å²) in [6, 6.07) is 19.4. The van der Waals surface area contributed by atoms with E-state index in [1.165, 1.54) is 11.8 Å². The highest BCUT2D eigenvalue weighted by atomic mass is 32.2. The van der Waals surface area contributed by atoms with Crippen molar-refractivity contribution in [2.45, 2.75) is 32.0 Å². The lowest BCUT2D eigenvalue weighted by molar-refractivity contribution is -0.115. The maximum atomic E-state index is 13.0. The van der Waals surface area contributed by atoms with Gasteiger partial charge in [-0.15, -0.1) is 10.2 Å². The summed E-state index contributed by atoms with van der Waals surface area (Å²) in [5.74, 6) is 1.26. The number of anilines is 2. The molecule has 26 heavy (non-hydrogen) atoms. The number of thioether (sulfide) groups is 1. The van der Waals surface area contributed by atoms with E-state index in [1.807, 2.05) is 60.7 Å². The van der Waals surface area contributed by atoms with Crippen LogP contribution in [-0.4, -0.2) is 26.4 Å². The van der Waals surface area contributed by atoms with Gasteiger partial charge in [-0.1, -0.05) is 55.1 Å². The molecular weight excluding hydrogens is 344 g/mol. The summed E-state index contributed by atoms with van der Waals surface area (Å²) in [5.41, 5.74) is 1.71. The highest BCUT2D eigenvalue weighted by Crippen LogP contribution is 2.27. The van der Waals surface area contributed by atoms with E-state index in [9.17, 15) is 4.79 Å². The average molecular weight is 366 g/mol. The lowest BCUT2D eigenvalue weighted by atomic mass is 10.2. The fourth-order valence-electron chi connectivity index (χ4n) is 2.79. The molecule has 1 amide bonds. The molecule has 6 heteroatoms. The number of para-hydroxylation sites is 2. The van der Waals surface area contributed by atoms with Crippen LogP contribution in [0.1, 0.15) is 19.7 Å². The number of hydrogen-bond donors (Lipinski definition) is 0. The van der Waals surface area contributed by atoms with E-state index in [4.69, 9.17) is 0 Å². The minimum Gasteiger partial charge on any atom is -0.306 e. The van der Waals surface area contributed by atoms with Gasteiger partial charge in [-0.3, -0.25) is 9.69 Å². The second-order valence-electron chi connectivity index (χ2n) is 5.69. The Morgan fingerprint density at radius 2 is 1.54 bits per heavy atom. The highest BCUT2D eigenvalue weighted by Gasteiger charge is 2.19. The number of carbonyl (C=O) groups is 1. The Kier molecular flexibility index (Phi) is 6.07. The number of rotatable bonds is 7. The van der Waals surface area contributed by atoms with Gasteiger partial charge in [0.15, 0.2) is 5.16 Å². The molecule has 0 fully saturated rings. The number of amides is 1. The van der Waals surface area contributed by atoms with Crippen LogP contribution in [0.25, 0.3) is 0 Å². The van der Waals surface area contributed by atoms with Gasteiger partial charge in [0, 0.05) is 24.3 Å². The van der Waals surface area contributed by atoms with E-state index >= 15 is 0 Å². The molecule has 0 N–H and O–H groups in total. The number of benzene rings is 2. The molecule has 0 spiro atoms. The molecule has 0 bridgehead atoms. The Bertz CT molecular complexity index is 809. The van der Waals surface area contributed by atoms with Gasteiger partial charge in [0.25, 0.3) is 0 Å². The van der Waals surface area contributed by atoms with Crippen LogP contribution < -0.4 is 4.90 Å². The molecular formula is C20H22N4OS. The molecule has 3 rings (SSSR count). The topological polar surface area (TPSA) is 51.0 Å². The summed E-state index contributed by atoms with van der Waals surface area (Å²) in [5, 5.41) is 9.24. The van der Waals surface area contributed by atoms with Crippen molar-refractivity contribution >= 4 is 29.0 Å². The van der Waals surface area contributed by atoms with Crippen LogP contribution in [0.4, 0.5) is 11.4 Å². The molecule has 0 atom stereocenters. The third-order valence-corrected chi connectivity index (χ3v) is 4.98. The van der Waals surface area contributed by atoms with E-state index in [0.29, 0.717) is 5.75 Å². The molecule has 3 aromatic rings. The van der Waals surface area contributed by atoms with Gasteiger partial charge in [-0.2, -0.15) is 0 Å². The second-order valence-corrected chi connectivity index (χ2v) is 6.63. The first-order valence-corrected chi connectivity index (χ1v) is 9.71. The van der Waals surface area contributed by atoms with E-state index in [-0.39, 0.29) is 5.91 Å². The molecule has 0 unspecified atom stereocenters. The molecule has 0 aliphatic carbocycles. The zero-order valence-electron chi connectivity index (χ0n) is 15.0. The average Bonchev–Trinajstić information content (AvgIpc) is 3.10. The maximum absolute atomic E-state index is 13.0. The van der Waals surface area contributed by atoms with Crippen molar-refractivity contribution in [3.05, 3.63) is 66.5 Å². The Hall–Kier alpha value is -2.60. The third-order valence-electron chi connectivity index (χ3n) is 4.03. The van der Waals surface area contributed by atoms with E-state index < -0.39 is 0 Å². The van der Waals surface area contributed by atoms with Crippen LogP contribution in [0.3, 0.4) is 0 Å². The summed E-state index contributed by atoms with van der Waals surface area (Å²) < 4.78 is 2.06. The lowest BCUT2D eigenvalue weighted by Gasteiger charge is -2.22. The standard InChI is InChI=1S/C20H22N4OS/c1-3-18-21-22-20(23(18)4-2)26-15-19(25)24(16-11-7-5-8-12-16)17-13-9-6-10-14-17/h5-14H,3-4,15H2,1-2H3. The Labute approximate surface area is 158 Å². The molecule has 1 aromatic heterocycles. The monoisotopic (exact) mass is 366 g/mol. The quantitative estimate of drug-likeness (QED) is 0.585. The van der Waals surface area contributed by atoms with Crippen LogP contribution >= 0.6 is 11.8 Å². The Morgan fingerprint density at radius 3 is 2.04 bits per heavy atom. The van der Waals surface area contributed by atoms with Crippen molar-refractivity contribution < 1.29 is 4.79 Å². The smallest absolute Gasteiger partial charge is 0.242 e.